The van der Waals surface area contributed by atoms with E-state index >= 15 is 0 Å². The van der Waals surface area contributed by atoms with Crippen LogP contribution in [0, 0.1) is 13.8 Å². The van der Waals surface area contributed by atoms with Crippen molar-refractivity contribution >= 4 is 39.0 Å². The molecule has 3 rings (SSSR count). The van der Waals surface area contributed by atoms with E-state index in [1.165, 1.54) is 11.2 Å². The van der Waals surface area contributed by atoms with Gasteiger partial charge in [0, 0.05) is 10.6 Å². The van der Waals surface area contributed by atoms with Crippen LogP contribution >= 0.6 is 11.3 Å². The molecule has 0 fully saturated rings. The largest absolute Gasteiger partial charge is 0.478 e. The van der Waals surface area contributed by atoms with E-state index in [9.17, 15) is 4.79 Å². The van der Waals surface area contributed by atoms with Crippen molar-refractivity contribution in [3.63, 3.8) is 0 Å². The van der Waals surface area contributed by atoms with Crippen molar-refractivity contribution in [1.29, 1.82) is 0 Å². The Morgan fingerprint density at radius 2 is 2.10 bits per heavy atom. The monoisotopic (exact) mass is 299 g/mol. The van der Waals surface area contributed by atoms with Gasteiger partial charge in [0.05, 0.1) is 10.9 Å². The molecule has 1 aromatic carbocycles. The van der Waals surface area contributed by atoms with Crippen LogP contribution in [0.1, 0.15) is 20.8 Å². The molecule has 0 aliphatic carbocycles. The van der Waals surface area contributed by atoms with Crippen molar-refractivity contribution in [3.05, 3.63) is 46.6 Å². The standard InChI is InChI=1S/C15H13N3O2S/c1-8-9(2)21-14-12(8)13(16-7-17-14)18-11-5-3-4-10(6-11)15(19)20/h3-7H,1-2H3,(H,19,20)(H,16,17,18). The third kappa shape index (κ3) is 2.45. The Kier molecular flexibility index (Phi) is 3.31. The fraction of sp³-hybridized carbons (Fsp3) is 0.133. The second kappa shape index (κ2) is 5.14. The number of aromatic nitrogens is 2. The molecule has 0 aliphatic heterocycles. The lowest BCUT2D eigenvalue weighted by molar-refractivity contribution is 0.0697. The Balaban J connectivity index is 2.06. The number of rotatable bonds is 3. The van der Waals surface area contributed by atoms with Gasteiger partial charge in [0.2, 0.25) is 0 Å². The van der Waals surface area contributed by atoms with Crippen LogP contribution in [-0.4, -0.2) is 21.0 Å². The van der Waals surface area contributed by atoms with Gasteiger partial charge in [0.15, 0.2) is 0 Å². The second-order valence-electron chi connectivity index (χ2n) is 4.70. The normalized spacial score (nSPS) is 10.8. The topological polar surface area (TPSA) is 75.1 Å². The van der Waals surface area contributed by atoms with Gasteiger partial charge in [-0.3, -0.25) is 0 Å². The van der Waals surface area contributed by atoms with E-state index in [2.05, 4.69) is 22.2 Å². The number of aromatic carboxylic acids is 1. The average Bonchev–Trinajstić information content (AvgIpc) is 2.75. The van der Waals surface area contributed by atoms with E-state index in [1.807, 2.05) is 13.0 Å². The lowest BCUT2D eigenvalue weighted by Gasteiger charge is -2.08. The predicted octanol–water partition coefficient (Wildman–Crippen LogP) is 3.75. The first-order valence-corrected chi connectivity index (χ1v) is 7.19. The van der Waals surface area contributed by atoms with E-state index in [-0.39, 0.29) is 5.56 Å². The van der Waals surface area contributed by atoms with Crippen LogP contribution < -0.4 is 5.32 Å². The van der Waals surface area contributed by atoms with Crippen molar-refractivity contribution in [3.8, 4) is 0 Å². The second-order valence-corrected chi connectivity index (χ2v) is 5.90. The Morgan fingerprint density at radius 1 is 1.29 bits per heavy atom. The Bertz CT molecular complexity index is 842. The first-order valence-electron chi connectivity index (χ1n) is 6.37. The minimum Gasteiger partial charge on any atom is -0.478 e. The molecule has 0 amide bonds. The Hall–Kier alpha value is -2.47. The number of aryl methyl sites for hydroxylation is 2. The molecular formula is C15H13N3O2S. The van der Waals surface area contributed by atoms with Crippen LogP contribution in [-0.2, 0) is 0 Å². The highest BCUT2D eigenvalue weighted by molar-refractivity contribution is 7.18. The van der Waals surface area contributed by atoms with Crippen LogP contribution in [0.25, 0.3) is 10.2 Å². The SMILES string of the molecule is Cc1sc2ncnc(Nc3cccc(C(=O)O)c3)c2c1C. The molecule has 2 aromatic heterocycles. The molecule has 0 aliphatic rings. The van der Waals surface area contributed by atoms with Gasteiger partial charge in [0.25, 0.3) is 0 Å². The fourth-order valence-corrected chi connectivity index (χ4v) is 3.14. The molecule has 0 saturated carbocycles. The van der Waals surface area contributed by atoms with Crippen LogP contribution in [0.4, 0.5) is 11.5 Å². The number of fused-ring (bicyclic) bond motifs is 1. The first kappa shape index (κ1) is 13.5. The van der Waals surface area contributed by atoms with E-state index < -0.39 is 5.97 Å². The van der Waals surface area contributed by atoms with E-state index in [1.54, 1.807) is 29.5 Å². The molecule has 0 saturated heterocycles. The fourth-order valence-electron chi connectivity index (χ4n) is 2.14. The number of hydrogen-bond acceptors (Lipinski definition) is 5. The minimum atomic E-state index is -0.950. The highest BCUT2D eigenvalue weighted by Crippen LogP contribution is 2.33. The van der Waals surface area contributed by atoms with E-state index in [0.717, 1.165) is 15.8 Å². The number of carboxylic acid groups (broad SMARTS) is 1. The van der Waals surface area contributed by atoms with Gasteiger partial charge in [-0.1, -0.05) is 6.07 Å². The Labute approximate surface area is 125 Å². The lowest BCUT2D eigenvalue weighted by Crippen LogP contribution is -1.99. The zero-order chi connectivity index (χ0) is 15.0. The van der Waals surface area contributed by atoms with Gasteiger partial charge in [-0.15, -0.1) is 11.3 Å². The summed E-state index contributed by atoms with van der Waals surface area (Å²) in [7, 11) is 0. The zero-order valence-corrected chi connectivity index (χ0v) is 12.4. The summed E-state index contributed by atoms with van der Waals surface area (Å²) in [5.74, 6) is -0.251. The molecule has 0 radical (unpaired) electrons. The molecule has 21 heavy (non-hydrogen) atoms. The molecule has 0 bridgehead atoms. The number of carbonyl (C=O) groups is 1. The molecule has 2 N–H and O–H groups in total. The van der Waals surface area contributed by atoms with Gasteiger partial charge in [-0.2, -0.15) is 0 Å². The van der Waals surface area contributed by atoms with Crippen LogP contribution in [0.2, 0.25) is 0 Å². The summed E-state index contributed by atoms with van der Waals surface area (Å²) in [4.78, 5) is 21.7. The molecule has 3 aromatic rings. The van der Waals surface area contributed by atoms with Crippen molar-refractivity contribution in [2.24, 2.45) is 0 Å². The maximum Gasteiger partial charge on any atom is 0.335 e. The van der Waals surface area contributed by atoms with Gasteiger partial charge < -0.3 is 10.4 Å². The summed E-state index contributed by atoms with van der Waals surface area (Å²) in [6, 6.07) is 6.67. The van der Waals surface area contributed by atoms with Crippen molar-refractivity contribution < 1.29 is 9.90 Å². The summed E-state index contributed by atoms with van der Waals surface area (Å²) < 4.78 is 0. The molecule has 5 nitrogen and oxygen atoms in total. The number of carboxylic acids is 1. The molecule has 0 atom stereocenters. The maximum absolute atomic E-state index is 11.0. The van der Waals surface area contributed by atoms with Gasteiger partial charge in [0.1, 0.15) is 17.0 Å². The highest BCUT2D eigenvalue weighted by atomic mass is 32.1. The summed E-state index contributed by atoms with van der Waals surface area (Å²) in [5.41, 5.74) is 2.08. The van der Waals surface area contributed by atoms with Crippen molar-refractivity contribution in [1.82, 2.24) is 9.97 Å². The van der Waals surface area contributed by atoms with E-state index in [4.69, 9.17) is 5.11 Å². The van der Waals surface area contributed by atoms with Gasteiger partial charge in [-0.05, 0) is 37.6 Å². The van der Waals surface area contributed by atoms with Gasteiger partial charge in [-0.25, -0.2) is 14.8 Å². The maximum atomic E-state index is 11.0. The smallest absolute Gasteiger partial charge is 0.335 e. The van der Waals surface area contributed by atoms with Crippen LogP contribution in [0.5, 0.6) is 0 Å². The highest BCUT2D eigenvalue weighted by Gasteiger charge is 2.12. The number of thiophene rings is 1. The quantitative estimate of drug-likeness (QED) is 0.770. The number of hydrogen-bond donors (Lipinski definition) is 2. The third-order valence-electron chi connectivity index (χ3n) is 3.34. The Morgan fingerprint density at radius 3 is 2.86 bits per heavy atom. The zero-order valence-electron chi connectivity index (χ0n) is 11.5. The molecule has 6 heteroatoms. The van der Waals surface area contributed by atoms with Crippen molar-refractivity contribution in [2.75, 3.05) is 5.32 Å². The lowest BCUT2D eigenvalue weighted by atomic mass is 10.2. The predicted molar refractivity (Wildman–Crippen MR) is 83.6 cm³/mol. The molecule has 0 spiro atoms. The number of anilines is 2. The molecular weight excluding hydrogens is 286 g/mol. The molecule has 106 valence electrons. The van der Waals surface area contributed by atoms with E-state index in [0.29, 0.717) is 11.5 Å². The molecule has 0 unspecified atom stereocenters. The number of benzene rings is 1. The van der Waals surface area contributed by atoms with Crippen molar-refractivity contribution in [2.45, 2.75) is 13.8 Å². The first-order chi connectivity index (χ1) is 10.1. The number of nitrogens with one attached hydrogen (secondary N) is 1. The van der Waals surface area contributed by atoms with Crippen LogP contribution in [0.15, 0.2) is 30.6 Å². The third-order valence-corrected chi connectivity index (χ3v) is 4.45. The summed E-state index contributed by atoms with van der Waals surface area (Å²) >= 11 is 1.63. The average molecular weight is 299 g/mol. The minimum absolute atomic E-state index is 0.239. The summed E-state index contributed by atoms with van der Waals surface area (Å²) in [6.45, 7) is 4.09. The summed E-state index contributed by atoms with van der Waals surface area (Å²) in [6.07, 6.45) is 1.51. The van der Waals surface area contributed by atoms with Gasteiger partial charge >= 0.3 is 5.97 Å². The summed E-state index contributed by atoms with van der Waals surface area (Å²) in [5, 5.41) is 13.2. The number of nitrogens with zero attached hydrogens (tertiary/aromatic N) is 2. The molecule has 2 heterocycles. The van der Waals surface area contributed by atoms with Crippen LogP contribution in [0.3, 0.4) is 0 Å².